The summed E-state index contributed by atoms with van der Waals surface area (Å²) in [4.78, 5) is 24.4. The number of H-pyrrole nitrogens is 1. The molecule has 0 saturated heterocycles. The first kappa shape index (κ1) is 24.6. The molecule has 10 nitrogen and oxygen atoms in total. The summed E-state index contributed by atoms with van der Waals surface area (Å²) in [5, 5.41) is 12.5. The summed E-state index contributed by atoms with van der Waals surface area (Å²) in [7, 11) is -2.03. The predicted octanol–water partition coefficient (Wildman–Crippen LogP) is 2.78. The number of hydrogen-bond donors (Lipinski definition) is 3. The van der Waals surface area contributed by atoms with Crippen LogP contribution in [0, 0.1) is 0 Å². The molecule has 0 spiro atoms. The Morgan fingerprint density at radius 2 is 2.03 bits per heavy atom. The minimum atomic E-state index is -3.50. The molecule has 2 aromatic rings. The van der Waals surface area contributed by atoms with E-state index in [9.17, 15) is 18.0 Å². The summed E-state index contributed by atoms with van der Waals surface area (Å²) in [5.41, 5.74) is 1.20. The Morgan fingerprint density at radius 1 is 1.24 bits per heavy atom. The van der Waals surface area contributed by atoms with E-state index in [-0.39, 0.29) is 23.3 Å². The average Bonchev–Trinajstić information content (AvgIpc) is 3.40. The SMILES string of the molecule is CCCNC(=O)O[C@@H]1CC[C@H](c2cc(NC(=O)Cc3cc(OC)ccc3S(C)(=O)=O)n[nH]2)C1. The van der Waals surface area contributed by atoms with Crippen LogP contribution >= 0.6 is 0 Å². The van der Waals surface area contributed by atoms with Crippen LogP contribution in [0.5, 0.6) is 5.75 Å². The second-order valence-corrected chi connectivity index (χ2v) is 10.1. The number of nitrogens with zero attached hydrogens (tertiary/aromatic N) is 1. The molecule has 3 rings (SSSR count). The molecule has 3 N–H and O–H groups in total. The summed E-state index contributed by atoms with van der Waals surface area (Å²) < 4.78 is 34.7. The quantitative estimate of drug-likeness (QED) is 0.503. The molecule has 0 aliphatic heterocycles. The molecule has 1 aliphatic carbocycles. The standard InChI is InChI=1S/C22H30N4O6S/c1-4-9-23-22(28)32-17-6-5-14(10-17)18-13-20(26-25-18)24-21(27)12-15-11-16(31-2)7-8-19(15)33(3,29)30/h7-8,11,13-14,17H,4-6,9-10,12H2,1-3H3,(H,23,28)(H2,24,25,26,27)/t14-,17+/m0/s1. The summed E-state index contributed by atoms with van der Waals surface area (Å²) in [6, 6.07) is 6.28. The van der Waals surface area contributed by atoms with Crippen LogP contribution in [0.1, 0.15) is 49.8 Å². The van der Waals surface area contributed by atoms with Crippen LogP contribution in [0.3, 0.4) is 0 Å². The highest BCUT2D eigenvalue weighted by molar-refractivity contribution is 7.90. The lowest BCUT2D eigenvalue weighted by Gasteiger charge is -2.12. The van der Waals surface area contributed by atoms with Crippen molar-refractivity contribution in [2.24, 2.45) is 0 Å². The van der Waals surface area contributed by atoms with Crippen LogP contribution in [0.2, 0.25) is 0 Å². The number of ether oxygens (including phenoxy) is 2. The van der Waals surface area contributed by atoms with E-state index in [1.54, 1.807) is 18.2 Å². The number of anilines is 1. The first-order valence-corrected chi connectivity index (χ1v) is 12.7. The zero-order valence-corrected chi connectivity index (χ0v) is 19.8. The van der Waals surface area contributed by atoms with E-state index < -0.39 is 21.8 Å². The minimum absolute atomic E-state index is 0.0844. The largest absolute Gasteiger partial charge is 0.497 e. The molecule has 180 valence electrons. The molecule has 1 aromatic heterocycles. The van der Waals surface area contributed by atoms with E-state index in [2.05, 4.69) is 20.8 Å². The summed E-state index contributed by atoms with van der Waals surface area (Å²) >= 11 is 0. The number of hydrogen-bond acceptors (Lipinski definition) is 7. The predicted molar refractivity (Wildman–Crippen MR) is 122 cm³/mol. The fourth-order valence-electron chi connectivity index (χ4n) is 3.90. The topological polar surface area (TPSA) is 139 Å². The summed E-state index contributed by atoms with van der Waals surface area (Å²) in [6.07, 6.45) is 3.52. The van der Waals surface area contributed by atoms with Crippen molar-refractivity contribution in [3.05, 3.63) is 35.5 Å². The molecular weight excluding hydrogens is 448 g/mol. The Hall–Kier alpha value is -3.08. The molecular formula is C22H30N4O6S. The third-order valence-electron chi connectivity index (χ3n) is 5.50. The molecule has 2 atom stereocenters. The van der Waals surface area contributed by atoms with Gasteiger partial charge in [0, 0.05) is 30.5 Å². The van der Waals surface area contributed by atoms with E-state index in [4.69, 9.17) is 9.47 Å². The Bertz CT molecular complexity index is 1100. The fraction of sp³-hybridized carbons (Fsp3) is 0.500. The lowest BCUT2D eigenvalue weighted by molar-refractivity contribution is -0.115. The van der Waals surface area contributed by atoms with Crippen molar-refractivity contribution in [1.29, 1.82) is 0 Å². The van der Waals surface area contributed by atoms with E-state index in [0.29, 0.717) is 30.1 Å². The first-order chi connectivity index (χ1) is 15.7. The molecule has 33 heavy (non-hydrogen) atoms. The highest BCUT2D eigenvalue weighted by Crippen LogP contribution is 2.35. The van der Waals surface area contributed by atoms with Gasteiger partial charge in [-0.3, -0.25) is 9.89 Å². The van der Waals surface area contributed by atoms with Gasteiger partial charge in [0.2, 0.25) is 5.91 Å². The summed E-state index contributed by atoms with van der Waals surface area (Å²) in [6.45, 7) is 2.56. The van der Waals surface area contributed by atoms with E-state index in [1.165, 1.54) is 13.2 Å². The number of alkyl carbamates (subject to hydrolysis) is 1. The lowest BCUT2D eigenvalue weighted by atomic mass is 10.0. The highest BCUT2D eigenvalue weighted by atomic mass is 32.2. The van der Waals surface area contributed by atoms with E-state index >= 15 is 0 Å². The Labute approximate surface area is 193 Å². The molecule has 0 radical (unpaired) electrons. The smallest absolute Gasteiger partial charge is 0.407 e. The third-order valence-corrected chi connectivity index (χ3v) is 6.70. The minimum Gasteiger partial charge on any atom is -0.497 e. The molecule has 1 fully saturated rings. The third kappa shape index (κ3) is 6.70. The normalized spacial score (nSPS) is 18.0. The van der Waals surface area contributed by atoms with Crippen molar-refractivity contribution < 1.29 is 27.5 Å². The molecule has 1 heterocycles. The Kier molecular flexibility index (Phi) is 7.96. The molecule has 1 aliphatic rings. The van der Waals surface area contributed by atoms with Crippen molar-refractivity contribution in [2.45, 2.75) is 55.9 Å². The van der Waals surface area contributed by atoms with Gasteiger partial charge in [-0.25, -0.2) is 13.2 Å². The molecule has 2 amide bonds. The zero-order valence-electron chi connectivity index (χ0n) is 19.0. The maximum atomic E-state index is 12.6. The van der Waals surface area contributed by atoms with Crippen molar-refractivity contribution >= 4 is 27.7 Å². The van der Waals surface area contributed by atoms with Gasteiger partial charge in [0.15, 0.2) is 15.7 Å². The van der Waals surface area contributed by atoms with Gasteiger partial charge in [-0.05, 0) is 49.4 Å². The number of carbonyl (C=O) groups is 2. The molecule has 0 unspecified atom stereocenters. The van der Waals surface area contributed by atoms with Gasteiger partial charge in [0.25, 0.3) is 0 Å². The molecule has 11 heteroatoms. The summed E-state index contributed by atoms with van der Waals surface area (Å²) in [5.74, 6) is 0.561. The van der Waals surface area contributed by atoms with Gasteiger partial charge >= 0.3 is 6.09 Å². The van der Waals surface area contributed by atoms with Crippen LogP contribution < -0.4 is 15.4 Å². The van der Waals surface area contributed by atoms with Crippen LogP contribution in [-0.4, -0.2) is 56.6 Å². The lowest BCUT2D eigenvalue weighted by Crippen LogP contribution is -2.28. The fourth-order valence-corrected chi connectivity index (χ4v) is 4.82. The maximum absolute atomic E-state index is 12.6. The second-order valence-electron chi connectivity index (χ2n) is 8.14. The van der Waals surface area contributed by atoms with Crippen molar-refractivity contribution in [3.63, 3.8) is 0 Å². The molecule has 0 bridgehead atoms. The van der Waals surface area contributed by atoms with Crippen molar-refractivity contribution in [3.8, 4) is 5.75 Å². The van der Waals surface area contributed by atoms with Crippen LogP contribution in [0.15, 0.2) is 29.2 Å². The van der Waals surface area contributed by atoms with Gasteiger partial charge in [-0.1, -0.05) is 6.92 Å². The van der Waals surface area contributed by atoms with Crippen molar-refractivity contribution in [2.75, 3.05) is 25.2 Å². The second kappa shape index (κ2) is 10.7. The van der Waals surface area contributed by atoms with E-state index in [1.807, 2.05) is 6.92 Å². The number of rotatable bonds is 9. The van der Waals surface area contributed by atoms with Gasteiger partial charge in [-0.2, -0.15) is 5.10 Å². The van der Waals surface area contributed by atoms with Gasteiger partial charge in [0.1, 0.15) is 11.9 Å². The molecule has 1 aromatic carbocycles. The zero-order chi connectivity index (χ0) is 24.0. The monoisotopic (exact) mass is 478 g/mol. The van der Waals surface area contributed by atoms with Crippen LogP contribution in [-0.2, 0) is 25.8 Å². The number of sulfone groups is 1. The van der Waals surface area contributed by atoms with Gasteiger partial charge in [-0.15, -0.1) is 0 Å². The van der Waals surface area contributed by atoms with Gasteiger partial charge < -0.3 is 20.1 Å². The average molecular weight is 479 g/mol. The number of amides is 2. The number of nitrogens with one attached hydrogen (secondary N) is 3. The van der Waals surface area contributed by atoms with Crippen LogP contribution in [0.25, 0.3) is 0 Å². The number of aromatic amines is 1. The maximum Gasteiger partial charge on any atom is 0.407 e. The number of aromatic nitrogens is 2. The van der Waals surface area contributed by atoms with Crippen molar-refractivity contribution in [1.82, 2.24) is 15.5 Å². The number of methoxy groups -OCH3 is 1. The van der Waals surface area contributed by atoms with Gasteiger partial charge in [0.05, 0.1) is 18.4 Å². The number of benzene rings is 1. The Balaban J connectivity index is 1.59. The first-order valence-electron chi connectivity index (χ1n) is 10.9. The highest BCUT2D eigenvalue weighted by Gasteiger charge is 2.30. The molecule has 1 saturated carbocycles. The number of carbonyl (C=O) groups excluding carboxylic acids is 2. The van der Waals surface area contributed by atoms with Crippen LogP contribution in [0.4, 0.5) is 10.6 Å². The van der Waals surface area contributed by atoms with E-state index in [0.717, 1.165) is 31.2 Å². The Morgan fingerprint density at radius 3 is 2.73 bits per heavy atom.